The van der Waals surface area contributed by atoms with Gasteiger partial charge < -0.3 is 0 Å². The normalized spacial score (nSPS) is 12.7. The molecule has 2 heteroatoms. The lowest BCUT2D eigenvalue weighted by molar-refractivity contribution is 0.660. The Kier molecular flexibility index (Phi) is 8.55. The lowest BCUT2D eigenvalue weighted by Gasteiger charge is -2.21. The van der Waals surface area contributed by atoms with Gasteiger partial charge in [-0.1, -0.05) is 214 Å². The Labute approximate surface area is 367 Å². The van der Waals surface area contributed by atoms with Crippen molar-refractivity contribution < 1.29 is 0 Å². The Balaban J connectivity index is 1.00. The highest BCUT2D eigenvalue weighted by Gasteiger charge is 2.35. The maximum Gasteiger partial charge on any atom is 0.160 e. The van der Waals surface area contributed by atoms with E-state index in [0.29, 0.717) is 5.82 Å². The van der Waals surface area contributed by atoms with Gasteiger partial charge in [0, 0.05) is 22.1 Å². The van der Waals surface area contributed by atoms with Crippen LogP contribution < -0.4 is 0 Å². The van der Waals surface area contributed by atoms with Gasteiger partial charge in [0.05, 0.1) is 11.4 Å². The first-order chi connectivity index (χ1) is 31.0. The molecule has 0 aliphatic heterocycles. The van der Waals surface area contributed by atoms with Crippen LogP contribution in [0.25, 0.3) is 111 Å². The van der Waals surface area contributed by atoms with Gasteiger partial charge in [-0.15, -0.1) is 0 Å². The second-order valence-electron chi connectivity index (χ2n) is 17.3. The van der Waals surface area contributed by atoms with E-state index < -0.39 is 0 Å². The van der Waals surface area contributed by atoms with E-state index in [4.69, 9.17) is 9.97 Å². The minimum atomic E-state index is -0.0254. The van der Waals surface area contributed by atoms with Crippen LogP contribution >= 0.6 is 0 Å². The molecule has 1 aliphatic rings. The average molecular weight is 803 g/mol. The number of hydrogen-bond donors (Lipinski definition) is 0. The molecule has 0 radical (unpaired) electrons. The molecule has 0 bridgehead atoms. The van der Waals surface area contributed by atoms with E-state index in [2.05, 4.69) is 226 Å². The van der Waals surface area contributed by atoms with E-state index in [1.807, 2.05) is 6.07 Å². The standard InChI is InChI=1S/C61H42N2/c1-61(2)56-27-15-14-25-52(56)55-37-43(30-35-57(55)61)45-31-32-50(47-22-10-9-21-46(45)47)51-33-34-54(49-24-12-11-23-48(49)51)59-38-58(62-60(63-59)40-17-4-3-5-18-40)53-26-13-8-20-44(53)42-29-28-39-16-6-7-19-41(39)36-42/h3-38H,1-2H3. The highest BCUT2D eigenvalue weighted by atomic mass is 14.9. The molecule has 0 atom stereocenters. The van der Waals surface area contributed by atoms with Gasteiger partial charge in [-0.25, -0.2) is 9.97 Å². The van der Waals surface area contributed by atoms with Crippen LogP contribution in [0, 0.1) is 0 Å². The molecular weight excluding hydrogens is 761 g/mol. The van der Waals surface area contributed by atoms with Gasteiger partial charge in [-0.2, -0.15) is 0 Å². The number of rotatable bonds is 6. The fraction of sp³-hybridized carbons (Fsp3) is 0.0492. The molecule has 63 heavy (non-hydrogen) atoms. The first-order valence-electron chi connectivity index (χ1n) is 21.8. The van der Waals surface area contributed by atoms with E-state index in [0.717, 1.165) is 44.6 Å². The van der Waals surface area contributed by atoms with Crippen molar-refractivity contribution in [1.82, 2.24) is 9.97 Å². The summed E-state index contributed by atoms with van der Waals surface area (Å²) >= 11 is 0. The zero-order chi connectivity index (χ0) is 42.1. The summed E-state index contributed by atoms with van der Waals surface area (Å²) in [5.74, 6) is 0.699. The highest BCUT2D eigenvalue weighted by Crippen LogP contribution is 2.50. The van der Waals surface area contributed by atoms with Crippen molar-refractivity contribution in [2.45, 2.75) is 19.3 Å². The lowest BCUT2D eigenvalue weighted by Crippen LogP contribution is -2.14. The van der Waals surface area contributed by atoms with Crippen molar-refractivity contribution in [2.75, 3.05) is 0 Å². The van der Waals surface area contributed by atoms with Gasteiger partial charge in [0.15, 0.2) is 5.82 Å². The number of nitrogens with zero attached hydrogens (tertiary/aromatic N) is 2. The molecule has 0 saturated carbocycles. The second-order valence-corrected chi connectivity index (χ2v) is 17.3. The molecular formula is C61H42N2. The smallest absolute Gasteiger partial charge is 0.160 e. The molecule has 0 saturated heterocycles. The SMILES string of the molecule is CC1(C)c2ccccc2-c2cc(-c3ccc(-c4ccc(-c5cc(-c6ccccc6-c6ccc7ccccc7c6)nc(-c6ccccc6)n5)c5ccccc45)c4ccccc34)ccc21. The van der Waals surface area contributed by atoms with E-state index in [1.165, 1.54) is 71.4 Å². The van der Waals surface area contributed by atoms with Gasteiger partial charge >= 0.3 is 0 Å². The van der Waals surface area contributed by atoms with Crippen molar-refractivity contribution in [1.29, 1.82) is 0 Å². The predicted octanol–water partition coefficient (Wildman–Crippen LogP) is 16.2. The Bertz CT molecular complexity index is 3600. The monoisotopic (exact) mass is 802 g/mol. The fourth-order valence-electron chi connectivity index (χ4n) is 10.2. The van der Waals surface area contributed by atoms with Gasteiger partial charge in [-0.3, -0.25) is 0 Å². The summed E-state index contributed by atoms with van der Waals surface area (Å²) in [5, 5.41) is 7.24. The molecule has 0 unspecified atom stereocenters. The Morgan fingerprint density at radius 3 is 1.51 bits per heavy atom. The van der Waals surface area contributed by atoms with Gasteiger partial charge in [0.2, 0.25) is 0 Å². The molecule has 0 spiro atoms. The van der Waals surface area contributed by atoms with Crippen LogP contribution in [0.2, 0.25) is 0 Å². The van der Waals surface area contributed by atoms with Crippen LogP contribution in [-0.2, 0) is 5.41 Å². The summed E-state index contributed by atoms with van der Waals surface area (Å²) in [6.07, 6.45) is 0. The zero-order valence-corrected chi connectivity index (χ0v) is 35.2. The van der Waals surface area contributed by atoms with Crippen LogP contribution in [0.15, 0.2) is 218 Å². The highest BCUT2D eigenvalue weighted by molar-refractivity contribution is 6.12. The Morgan fingerprint density at radius 1 is 0.286 bits per heavy atom. The summed E-state index contributed by atoms with van der Waals surface area (Å²) in [6.45, 7) is 4.69. The Hall–Kier alpha value is -7.94. The number of aromatic nitrogens is 2. The second kappa shape index (κ2) is 14.6. The van der Waals surface area contributed by atoms with Gasteiger partial charge in [0.1, 0.15) is 0 Å². The number of hydrogen-bond acceptors (Lipinski definition) is 2. The van der Waals surface area contributed by atoms with Crippen molar-refractivity contribution in [2.24, 2.45) is 0 Å². The summed E-state index contributed by atoms with van der Waals surface area (Å²) in [6, 6.07) is 79.2. The topological polar surface area (TPSA) is 25.8 Å². The van der Waals surface area contributed by atoms with Crippen LogP contribution in [-0.4, -0.2) is 9.97 Å². The third-order valence-electron chi connectivity index (χ3n) is 13.3. The molecule has 1 aromatic heterocycles. The van der Waals surface area contributed by atoms with Crippen molar-refractivity contribution >= 4 is 32.3 Å². The fourth-order valence-corrected chi connectivity index (χ4v) is 10.2. The minimum absolute atomic E-state index is 0.0254. The zero-order valence-electron chi connectivity index (χ0n) is 35.2. The average Bonchev–Trinajstić information content (AvgIpc) is 3.58. The number of fused-ring (bicyclic) bond motifs is 6. The first kappa shape index (κ1) is 36.9. The molecule has 12 rings (SSSR count). The minimum Gasteiger partial charge on any atom is -0.228 e. The maximum absolute atomic E-state index is 5.33. The Morgan fingerprint density at radius 2 is 0.778 bits per heavy atom. The van der Waals surface area contributed by atoms with E-state index >= 15 is 0 Å². The van der Waals surface area contributed by atoms with Crippen molar-refractivity contribution in [3.8, 4) is 78.4 Å². The molecule has 10 aromatic carbocycles. The van der Waals surface area contributed by atoms with E-state index in [9.17, 15) is 0 Å². The molecule has 296 valence electrons. The van der Waals surface area contributed by atoms with Crippen LogP contribution in [0.3, 0.4) is 0 Å². The molecule has 1 aliphatic carbocycles. The molecule has 0 N–H and O–H groups in total. The van der Waals surface area contributed by atoms with Crippen LogP contribution in [0.4, 0.5) is 0 Å². The number of benzene rings is 10. The molecule has 1 heterocycles. The van der Waals surface area contributed by atoms with Gasteiger partial charge in [-0.05, 0) is 106 Å². The largest absolute Gasteiger partial charge is 0.228 e. The summed E-state index contributed by atoms with van der Waals surface area (Å²) in [7, 11) is 0. The molecule has 0 amide bonds. The van der Waals surface area contributed by atoms with Crippen LogP contribution in [0.1, 0.15) is 25.0 Å². The van der Waals surface area contributed by atoms with Gasteiger partial charge in [0.25, 0.3) is 0 Å². The molecule has 0 fully saturated rings. The lowest BCUT2D eigenvalue weighted by atomic mass is 9.82. The van der Waals surface area contributed by atoms with Crippen molar-refractivity contribution in [3.05, 3.63) is 230 Å². The summed E-state index contributed by atoms with van der Waals surface area (Å²) in [4.78, 5) is 10.6. The third kappa shape index (κ3) is 6.09. The van der Waals surface area contributed by atoms with E-state index in [-0.39, 0.29) is 5.41 Å². The van der Waals surface area contributed by atoms with Crippen LogP contribution in [0.5, 0.6) is 0 Å². The quantitative estimate of drug-likeness (QED) is 0.167. The maximum atomic E-state index is 5.33. The summed E-state index contributed by atoms with van der Waals surface area (Å²) in [5.41, 5.74) is 17.5. The molecule has 11 aromatic rings. The van der Waals surface area contributed by atoms with Crippen molar-refractivity contribution in [3.63, 3.8) is 0 Å². The van der Waals surface area contributed by atoms with E-state index in [1.54, 1.807) is 0 Å². The third-order valence-corrected chi connectivity index (χ3v) is 13.3. The first-order valence-corrected chi connectivity index (χ1v) is 21.8. The molecule has 2 nitrogen and oxygen atoms in total. The summed E-state index contributed by atoms with van der Waals surface area (Å²) < 4.78 is 0. The predicted molar refractivity (Wildman–Crippen MR) is 265 cm³/mol.